The molecule has 1 fully saturated rings. The molecular weight excluding hydrogens is 276 g/mol. The van der Waals surface area contributed by atoms with E-state index in [4.69, 9.17) is 0 Å². The third-order valence-corrected chi connectivity index (χ3v) is 6.13. The van der Waals surface area contributed by atoms with Gasteiger partial charge in [-0.3, -0.25) is 0 Å². The average molecular weight is 298 g/mol. The zero-order valence-electron chi connectivity index (χ0n) is 12.2. The molecule has 1 aromatic rings. The van der Waals surface area contributed by atoms with Crippen molar-refractivity contribution in [3.8, 4) is 0 Å². The van der Waals surface area contributed by atoms with Crippen LogP contribution in [0.3, 0.4) is 0 Å². The van der Waals surface area contributed by atoms with Crippen molar-refractivity contribution in [2.45, 2.75) is 49.4 Å². The largest absolute Gasteiger partial charge is 0.394 e. The first-order valence-corrected chi connectivity index (χ1v) is 8.34. The summed E-state index contributed by atoms with van der Waals surface area (Å²) in [6, 6.07) is 3.45. The van der Waals surface area contributed by atoms with E-state index < -0.39 is 14.6 Å². The SMILES string of the molecule is CC(C)(C)S(=O)(=O)c1ccc(N2CCC[C@@H]2CO)cn1. The second kappa shape index (κ2) is 5.33. The minimum atomic E-state index is -3.41. The Kier molecular flexibility index (Phi) is 4.07. The normalized spacial score (nSPS) is 20.4. The van der Waals surface area contributed by atoms with Crippen LogP contribution in [0, 0.1) is 0 Å². The van der Waals surface area contributed by atoms with Gasteiger partial charge in [0.2, 0.25) is 0 Å². The molecule has 20 heavy (non-hydrogen) atoms. The van der Waals surface area contributed by atoms with Gasteiger partial charge >= 0.3 is 0 Å². The number of pyridine rings is 1. The maximum atomic E-state index is 12.3. The Morgan fingerprint density at radius 1 is 1.40 bits per heavy atom. The van der Waals surface area contributed by atoms with Crippen LogP contribution < -0.4 is 4.90 Å². The van der Waals surface area contributed by atoms with Crippen LogP contribution in [0.5, 0.6) is 0 Å². The molecule has 0 saturated carbocycles. The number of aliphatic hydroxyl groups is 1. The van der Waals surface area contributed by atoms with Gasteiger partial charge in [0.05, 0.1) is 29.3 Å². The summed E-state index contributed by atoms with van der Waals surface area (Å²) in [6.45, 7) is 5.99. The van der Waals surface area contributed by atoms with Gasteiger partial charge in [-0.2, -0.15) is 0 Å². The standard InChI is InChI=1S/C14H22N2O3S/c1-14(2,3)20(18,19)13-7-6-11(9-15-13)16-8-4-5-12(16)10-17/h6-7,9,12,17H,4-5,8,10H2,1-3H3/t12-/m1/s1. The highest BCUT2D eigenvalue weighted by atomic mass is 32.2. The van der Waals surface area contributed by atoms with Crippen LogP contribution in [0.15, 0.2) is 23.4 Å². The number of sulfone groups is 1. The van der Waals surface area contributed by atoms with Crippen molar-refractivity contribution in [1.82, 2.24) is 4.98 Å². The van der Waals surface area contributed by atoms with Crippen LogP contribution in [0.4, 0.5) is 5.69 Å². The monoisotopic (exact) mass is 298 g/mol. The number of aliphatic hydroxyl groups excluding tert-OH is 1. The smallest absolute Gasteiger partial charge is 0.200 e. The van der Waals surface area contributed by atoms with E-state index in [2.05, 4.69) is 9.88 Å². The molecule has 0 unspecified atom stereocenters. The van der Waals surface area contributed by atoms with Crippen molar-refractivity contribution in [1.29, 1.82) is 0 Å². The zero-order chi connectivity index (χ0) is 15.0. The molecule has 0 bridgehead atoms. The molecule has 5 nitrogen and oxygen atoms in total. The first-order valence-electron chi connectivity index (χ1n) is 6.85. The van der Waals surface area contributed by atoms with Crippen LogP contribution in [-0.2, 0) is 9.84 Å². The molecule has 0 amide bonds. The molecule has 2 heterocycles. The number of hydrogen-bond acceptors (Lipinski definition) is 5. The van der Waals surface area contributed by atoms with Crippen molar-refractivity contribution in [3.05, 3.63) is 18.3 Å². The van der Waals surface area contributed by atoms with E-state index in [1.807, 2.05) is 0 Å². The molecule has 0 spiro atoms. The molecule has 112 valence electrons. The topological polar surface area (TPSA) is 70.5 Å². The number of nitrogens with zero attached hydrogens (tertiary/aromatic N) is 2. The fourth-order valence-electron chi connectivity index (χ4n) is 2.38. The Balaban J connectivity index is 2.27. The average Bonchev–Trinajstić information content (AvgIpc) is 2.85. The first-order chi connectivity index (χ1) is 9.27. The summed E-state index contributed by atoms with van der Waals surface area (Å²) in [5, 5.41) is 9.44. The third-order valence-electron chi connectivity index (χ3n) is 3.72. The molecular formula is C14H22N2O3S. The molecule has 1 aliphatic rings. The Morgan fingerprint density at radius 2 is 2.10 bits per heavy atom. The number of anilines is 1. The van der Waals surface area contributed by atoms with E-state index in [9.17, 15) is 13.5 Å². The van der Waals surface area contributed by atoms with E-state index in [1.165, 1.54) is 0 Å². The van der Waals surface area contributed by atoms with Crippen molar-refractivity contribution in [2.24, 2.45) is 0 Å². The molecule has 2 rings (SSSR count). The second-order valence-electron chi connectivity index (χ2n) is 6.14. The molecule has 1 saturated heterocycles. The van der Waals surface area contributed by atoms with Crippen LogP contribution in [0.2, 0.25) is 0 Å². The molecule has 1 N–H and O–H groups in total. The van der Waals surface area contributed by atoms with Gasteiger partial charge in [-0.1, -0.05) is 0 Å². The maximum absolute atomic E-state index is 12.3. The summed E-state index contributed by atoms with van der Waals surface area (Å²) in [5.74, 6) is 0. The summed E-state index contributed by atoms with van der Waals surface area (Å²) in [6.07, 6.45) is 3.58. The van der Waals surface area contributed by atoms with E-state index in [0.29, 0.717) is 0 Å². The quantitative estimate of drug-likeness (QED) is 0.918. The van der Waals surface area contributed by atoms with Crippen LogP contribution in [0.25, 0.3) is 0 Å². The van der Waals surface area contributed by atoms with Gasteiger partial charge in [-0.25, -0.2) is 13.4 Å². The lowest BCUT2D eigenvalue weighted by Gasteiger charge is -2.25. The fourth-order valence-corrected chi connectivity index (χ4v) is 3.45. The Labute approximate surface area is 120 Å². The van der Waals surface area contributed by atoms with Gasteiger partial charge in [0.1, 0.15) is 0 Å². The van der Waals surface area contributed by atoms with Gasteiger partial charge in [0.15, 0.2) is 14.9 Å². The summed E-state index contributed by atoms with van der Waals surface area (Å²) >= 11 is 0. The van der Waals surface area contributed by atoms with Crippen LogP contribution in [0.1, 0.15) is 33.6 Å². The highest BCUT2D eigenvalue weighted by Gasteiger charge is 2.32. The van der Waals surface area contributed by atoms with Crippen molar-refractivity contribution in [2.75, 3.05) is 18.1 Å². The Morgan fingerprint density at radius 3 is 2.60 bits per heavy atom. The van der Waals surface area contributed by atoms with Crippen molar-refractivity contribution < 1.29 is 13.5 Å². The number of aromatic nitrogens is 1. The maximum Gasteiger partial charge on any atom is 0.200 e. The highest BCUT2D eigenvalue weighted by molar-refractivity contribution is 7.92. The minimum Gasteiger partial charge on any atom is -0.394 e. The van der Waals surface area contributed by atoms with Crippen LogP contribution >= 0.6 is 0 Å². The summed E-state index contributed by atoms with van der Waals surface area (Å²) in [7, 11) is -3.41. The predicted octanol–water partition coefficient (Wildman–Crippen LogP) is 1.61. The molecule has 6 heteroatoms. The summed E-state index contributed by atoms with van der Waals surface area (Å²) < 4.78 is 23.7. The molecule has 0 aromatic carbocycles. The second-order valence-corrected chi connectivity index (χ2v) is 8.79. The van der Waals surface area contributed by atoms with Crippen LogP contribution in [-0.4, -0.2) is 42.4 Å². The van der Waals surface area contributed by atoms with Gasteiger partial charge in [-0.15, -0.1) is 0 Å². The predicted molar refractivity (Wildman–Crippen MR) is 78.6 cm³/mol. The molecule has 0 radical (unpaired) electrons. The lowest BCUT2D eigenvalue weighted by atomic mass is 10.2. The lowest BCUT2D eigenvalue weighted by Crippen LogP contribution is -2.32. The fraction of sp³-hybridized carbons (Fsp3) is 0.643. The zero-order valence-corrected chi connectivity index (χ0v) is 13.0. The Hall–Kier alpha value is -1.14. The lowest BCUT2D eigenvalue weighted by molar-refractivity contribution is 0.266. The minimum absolute atomic E-state index is 0.105. The molecule has 1 atom stereocenters. The highest BCUT2D eigenvalue weighted by Crippen LogP contribution is 2.27. The molecule has 1 aromatic heterocycles. The van der Waals surface area contributed by atoms with Gasteiger partial charge in [-0.05, 0) is 45.7 Å². The van der Waals surface area contributed by atoms with Gasteiger partial charge < -0.3 is 10.0 Å². The van der Waals surface area contributed by atoms with E-state index >= 15 is 0 Å². The van der Waals surface area contributed by atoms with E-state index in [1.54, 1.807) is 39.1 Å². The Bertz CT molecular complexity index is 561. The molecule has 1 aliphatic heterocycles. The van der Waals surface area contributed by atoms with E-state index in [-0.39, 0.29) is 17.7 Å². The van der Waals surface area contributed by atoms with E-state index in [0.717, 1.165) is 25.1 Å². The molecule has 0 aliphatic carbocycles. The third kappa shape index (κ3) is 2.67. The van der Waals surface area contributed by atoms with Gasteiger partial charge in [0, 0.05) is 6.54 Å². The summed E-state index contributed by atoms with van der Waals surface area (Å²) in [5.41, 5.74) is 0.870. The van der Waals surface area contributed by atoms with Gasteiger partial charge in [0.25, 0.3) is 0 Å². The van der Waals surface area contributed by atoms with Crippen molar-refractivity contribution in [3.63, 3.8) is 0 Å². The number of rotatable bonds is 3. The summed E-state index contributed by atoms with van der Waals surface area (Å²) in [4.78, 5) is 6.20. The van der Waals surface area contributed by atoms with Crippen molar-refractivity contribution >= 4 is 15.5 Å². The number of hydrogen-bond donors (Lipinski definition) is 1. The first kappa shape index (κ1) is 15.3.